The molecular formula is C48H31BN2O. The van der Waals surface area contributed by atoms with Gasteiger partial charge in [-0.3, -0.25) is 0 Å². The molecule has 2 aliphatic rings. The third-order valence-electron chi connectivity index (χ3n) is 10.9. The van der Waals surface area contributed by atoms with E-state index in [2.05, 4.69) is 186 Å². The van der Waals surface area contributed by atoms with Crippen LogP contribution in [0.2, 0.25) is 0 Å². The first-order chi connectivity index (χ1) is 25.8. The van der Waals surface area contributed by atoms with Crippen LogP contribution in [-0.2, 0) is 0 Å². The Bertz CT molecular complexity index is 2810. The zero-order chi connectivity index (χ0) is 34.2. The maximum Gasteiger partial charge on any atom is 0.252 e. The number of anilines is 6. The maximum atomic E-state index is 6.38. The molecule has 3 heterocycles. The Morgan fingerprint density at radius 2 is 0.942 bits per heavy atom. The van der Waals surface area contributed by atoms with Crippen LogP contribution in [0.25, 0.3) is 44.2 Å². The number of furan rings is 1. The van der Waals surface area contributed by atoms with Crippen molar-refractivity contribution >= 4 is 79.2 Å². The van der Waals surface area contributed by atoms with E-state index < -0.39 is 0 Å². The SMILES string of the molecule is c1ccc(N2c3ccccc3B3c4ccc(-c5ccc(-c6cccc7c6oc6ccccc67)cc5)cc4N(c4ccccc4)c4cccc2c43)cc1. The summed E-state index contributed by atoms with van der Waals surface area (Å²) in [4.78, 5) is 4.89. The predicted molar refractivity (Wildman–Crippen MR) is 219 cm³/mol. The summed E-state index contributed by atoms with van der Waals surface area (Å²) in [6.07, 6.45) is 0. The first kappa shape index (κ1) is 29.0. The number of hydrogen-bond donors (Lipinski definition) is 0. The lowest BCUT2D eigenvalue weighted by atomic mass is 9.33. The van der Waals surface area contributed by atoms with Gasteiger partial charge in [0.2, 0.25) is 0 Å². The van der Waals surface area contributed by atoms with Gasteiger partial charge in [0, 0.05) is 50.5 Å². The van der Waals surface area contributed by atoms with Gasteiger partial charge in [0.1, 0.15) is 11.2 Å². The second kappa shape index (κ2) is 11.4. The van der Waals surface area contributed by atoms with Gasteiger partial charge in [-0.15, -0.1) is 0 Å². The van der Waals surface area contributed by atoms with Gasteiger partial charge in [0.15, 0.2) is 0 Å². The molecule has 11 rings (SSSR count). The minimum absolute atomic E-state index is 0.0954. The number of nitrogens with zero attached hydrogens (tertiary/aromatic N) is 2. The topological polar surface area (TPSA) is 19.6 Å². The summed E-state index contributed by atoms with van der Waals surface area (Å²) in [7, 11) is 0. The number of rotatable bonds is 4. The van der Waals surface area contributed by atoms with Crippen LogP contribution in [0.3, 0.4) is 0 Å². The van der Waals surface area contributed by atoms with E-state index in [4.69, 9.17) is 4.42 Å². The summed E-state index contributed by atoms with van der Waals surface area (Å²) in [6, 6.07) is 67.9. The highest BCUT2D eigenvalue weighted by molar-refractivity contribution is 7.00. The molecule has 1 aromatic heterocycles. The van der Waals surface area contributed by atoms with Crippen LogP contribution in [0.1, 0.15) is 0 Å². The van der Waals surface area contributed by atoms with Gasteiger partial charge < -0.3 is 14.2 Å². The van der Waals surface area contributed by atoms with E-state index >= 15 is 0 Å². The van der Waals surface area contributed by atoms with Gasteiger partial charge in [0.25, 0.3) is 6.71 Å². The van der Waals surface area contributed by atoms with Crippen molar-refractivity contribution in [1.82, 2.24) is 0 Å². The largest absolute Gasteiger partial charge is 0.455 e. The Balaban J connectivity index is 1.07. The summed E-state index contributed by atoms with van der Waals surface area (Å²) in [5, 5.41) is 2.29. The molecule has 0 saturated carbocycles. The molecule has 0 N–H and O–H groups in total. The van der Waals surface area contributed by atoms with Gasteiger partial charge in [0.05, 0.1) is 0 Å². The van der Waals surface area contributed by atoms with E-state index in [1.807, 2.05) is 12.1 Å². The van der Waals surface area contributed by atoms with Crippen LogP contribution >= 0.6 is 0 Å². The van der Waals surface area contributed by atoms with E-state index in [-0.39, 0.29) is 6.71 Å². The number of benzene rings is 8. The summed E-state index contributed by atoms with van der Waals surface area (Å²) in [5.41, 5.74) is 17.6. The number of fused-ring (bicyclic) bond motifs is 7. The van der Waals surface area contributed by atoms with Crippen LogP contribution in [0.5, 0.6) is 0 Å². The van der Waals surface area contributed by atoms with Crippen LogP contribution in [0.15, 0.2) is 192 Å². The van der Waals surface area contributed by atoms with Crippen LogP contribution in [0.4, 0.5) is 34.1 Å². The highest BCUT2D eigenvalue weighted by atomic mass is 16.3. The average molecular weight is 663 g/mol. The van der Waals surface area contributed by atoms with Gasteiger partial charge in [-0.1, -0.05) is 133 Å². The summed E-state index contributed by atoms with van der Waals surface area (Å²) >= 11 is 0. The minimum atomic E-state index is 0.0954. The Hall–Kier alpha value is -6.78. The Morgan fingerprint density at radius 1 is 0.385 bits per heavy atom. The highest BCUT2D eigenvalue weighted by Gasteiger charge is 2.42. The quantitative estimate of drug-likeness (QED) is 0.175. The molecule has 0 bridgehead atoms. The molecule has 0 spiro atoms. The summed E-state index contributed by atoms with van der Waals surface area (Å²) < 4.78 is 6.38. The van der Waals surface area contributed by atoms with Gasteiger partial charge in [-0.25, -0.2) is 0 Å². The lowest BCUT2D eigenvalue weighted by molar-refractivity contribution is 0.670. The molecule has 4 heteroatoms. The summed E-state index contributed by atoms with van der Waals surface area (Å²) in [6.45, 7) is 0.0954. The fourth-order valence-electron chi connectivity index (χ4n) is 8.59. The van der Waals surface area contributed by atoms with Crippen LogP contribution in [0, 0.1) is 0 Å². The van der Waals surface area contributed by atoms with Crippen molar-refractivity contribution < 1.29 is 4.42 Å². The molecule has 9 aromatic rings. The lowest BCUT2D eigenvalue weighted by Crippen LogP contribution is -2.61. The normalized spacial score (nSPS) is 12.9. The van der Waals surface area contributed by atoms with Gasteiger partial charge in [-0.05, 0) is 87.7 Å². The zero-order valence-corrected chi connectivity index (χ0v) is 28.3. The monoisotopic (exact) mass is 662 g/mol. The van der Waals surface area contributed by atoms with Crippen LogP contribution in [-0.4, -0.2) is 6.71 Å². The second-order valence-electron chi connectivity index (χ2n) is 13.7. The highest BCUT2D eigenvalue weighted by Crippen LogP contribution is 2.44. The van der Waals surface area contributed by atoms with Crippen molar-refractivity contribution in [1.29, 1.82) is 0 Å². The van der Waals surface area contributed by atoms with E-state index in [0.29, 0.717) is 0 Å². The molecule has 0 saturated heterocycles. The molecule has 52 heavy (non-hydrogen) atoms. The Morgan fingerprint density at radius 3 is 1.71 bits per heavy atom. The number of para-hydroxylation sites is 5. The molecular weight excluding hydrogens is 631 g/mol. The van der Waals surface area contributed by atoms with E-state index in [0.717, 1.165) is 44.4 Å². The van der Waals surface area contributed by atoms with Crippen molar-refractivity contribution in [2.75, 3.05) is 9.80 Å². The predicted octanol–water partition coefficient (Wildman–Crippen LogP) is 11.0. The minimum Gasteiger partial charge on any atom is -0.455 e. The van der Waals surface area contributed by atoms with Gasteiger partial charge >= 0.3 is 0 Å². The fraction of sp³-hybridized carbons (Fsp3) is 0. The first-order valence-electron chi connectivity index (χ1n) is 17.9. The third-order valence-corrected chi connectivity index (χ3v) is 10.9. The van der Waals surface area contributed by atoms with E-state index in [1.165, 1.54) is 50.3 Å². The second-order valence-corrected chi connectivity index (χ2v) is 13.7. The molecule has 0 fully saturated rings. The molecule has 0 radical (unpaired) electrons. The molecule has 0 atom stereocenters. The third kappa shape index (κ3) is 4.28. The first-order valence-corrected chi connectivity index (χ1v) is 17.9. The molecule has 2 aliphatic heterocycles. The average Bonchev–Trinajstić information content (AvgIpc) is 3.60. The molecule has 0 amide bonds. The number of hydrogen-bond acceptors (Lipinski definition) is 3. The zero-order valence-electron chi connectivity index (χ0n) is 28.3. The van der Waals surface area contributed by atoms with Crippen LogP contribution < -0.4 is 26.2 Å². The van der Waals surface area contributed by atoms with Gasteiger partial charge in [-0.2, -0.15) is 0 Å². The van der Waals surface area contributed by atoms with E-state index in [9.17, 15) is 0 Å². The molecule has 8 aromatic carbocycles. The molecule has 242 valence electrons. The summed E-state index contributed by atoms with van der Waals surface area (Å²) in [5.74, 6) is 0. The van der Waals surface area contributed by atoms with Crippen molar-refractivity contribution in [3.8, 4) is 22.3 Å². The standard InChI is InChI=1S/C48H31BN2O/c1-3-13-35(14-4-1)50-42-21-9-8-20-40(42)49-41-30-29-34(31-45(41)51(36-15-5-2-6-16-36)44-23-12-22-43(50)47(44)49)32-25-27-33(28-26-32)37-18-11-19-39-38-17-7-10-24-46(38)52-48(37)39/h1-31H. The lowest BCUT2D eigenvalue weighted by Gasteiger charge is -2.44. The fourth-order valence-corrected chi connectivity index (χ4v) is 8.59. The van der Waals surface area contributed by atoms with E-state index in [1.54, 1.807) is 0 Å². The maximum absolute atomic E-state index is 6.38. The Labute approximate surface area is 302 Å². The van der Waals surface area contributed by atoms with Crippen molar-refractivity contribution in [2.24, 2.45) is 0 Å². The molecule has 0 unspecified atom stereocenters. The van der Waals surface area contributed by atoms with Crippen molar-refractivity contribution in [3.63, 3.8) is 0 Å². The smallest absolute Gasteiger partial charge is 0.252 e. The molecule has 3 nitrogen and oxygen atoms in total. The van der Waals surface area contributed by atoms with Crippen molar-refractivity contribution in [2.45, 2.75) is 0 Å². The molecule has 0 aliphatic carbocycles. The Kier molecular flexibility index (Phi) is 6.35. The van der Waals surface area contributed by atoms with Crippen molar-refractivity contribution in [3.05, 3.63) is 188 Å².